The van der Waals surface area contributed by atoms with Crippen LogP contribution in [0.1, 0.15) is 27.2 Å². The van der Waals surface area contributed by atoms with Gasteiger partial charge in [-0.25, -0.2) is 4.79 Å². The number of carbonyl (C=O) groups is 2. The molecule has 0 spiro atoms. The molecule has 1 aromatic rings. The van der Waals surface area contributed by atoms with Crippen LogP contribution in [0.4, 0.5) is 10.5 Å². The summed E-state index contributed by atoms with van der Waals surface area (Å²) in [6.07, 6.45) is 0.523. The highest BCUT2D eigenvalue weighted by Crippen LogP contribution is 2.17. The lowest BCUT2D eigenvalue weighted by Gasteiger charge is -2.23. The third kappa shape index (κ3) is 6.16. The number of carbonyl (C=O) groups excluding carboxylic acids is 1. The molecule has 0 saturated heterocycles. The molecule has 0 aromatic heterocycles. The van der Waals surface area contributed by atoms with E-state index in [1.807, 2.05) is 26.0 Å². The number of carboxylic acids is 1. The molecule has 2 atom stereocenters. The molecular weight excluding hydrogens is 336 g/mol. The van der Waals surface area contributed by atoms with Gasteiger partial charge < -0.3 is 15.7 Å². The Morgan fingerprint density at radius 1 is 1.19 bits per heavy atom. The molecule has 0 bridgehead atoms. The minimum atomic E-state index is -0.889. The minimum absolute atomic E-state index is 0.255. The van der Waals surface area contributed by atoms with E-state index in [1.54, 1.807) is 19.1 Å². The van der Waals surface area contributed by atoms with Crippen molar-refractivity contribution in [3.8, 4) is 0 Å². The Hall–Kier alpha value is -1.56. The quantitative estimate of drug-likeness (QED) is 0.726. The molecule has 5 nitrogen and oxygen atoms in total. The van der Waals surface area contributed by atoms with Gasteiger partial charge in [0, 0.05) is 16.2 Å². The molecule has 0 aliphatic carbocycles. The van der Waals surface area contributed by atoms with Crippen molar-refractivity contribution in [2.45, 2.75) is 33.2 Å². The van der Waals surface area contributed by atoms with Crippen LogP contribution in [-0.2, 0) is 4.79 Å². The molecule has 0 radical (unpaired) electrons. The summed E-state index contributed by atoms with van der Waals surface area (Å²) in [4.78, 5) is 23.2. The predicted molar refractivity (Wildman–Crippen MR) is 86.3 cm³/mol. The van der Waals surface area contributed by atoms with Crippen LogP contribution in [0.2, 0.25) is 0 Å². The highest BCUT2D eigenvalue weighted by atomic mass is 79.9. The second kappa shape index (κ2) is 8.02. The largest absolute Gasteiger partial charge is 0.481 e. The number of rotatable bonds is 6. The lowest BCUT2D eigenvalue weighted by molar-refractivity contribution is -0.143. The van der Waals surface area contributed by atoms with Crippen molar-refractivity contribution in [3.63, 3.8) is 0 Å². The van der Waals surface area contributed by atoms with E-state index < -0.39 is 24.0 Å². The van der Waals surface area contributed by atoms with Gasteiger partial charge in [0.1, 0.15) is 0 Å². The zero-order valence-electron chi connectivity index (χ0n) is 12.4. The molecule has 116 valence electrons. The molecule has 1 aromatic carbocycles. The first-order valence-electron chi connectivity index (χ1n) is 6.85. The van der Waals surface area contributed by atoms with Crippen LogP contribution in [0.3, 0.4) is 0 Å². The number of benzene rings is 1. The van der Waals surface area contributed by atoms with Crippen LogP contribution in [0.15, 0.2) is 28.7 Å². The summed E-state index contributed by atoms with van der Waals surface area (Å²) in [6, 6.07) is 6.31. The number of aliphatic carboxylic acids is 1. The molecule has 1 rings (SSSR count). The summed E-state index contributed by atoms with van der Waals surface area (Å²) in [5.74, 6) is -1.23. The highest BCUT2D eigenvalue weighted by Gasteiger charge is 2.26. The maximum Gasteiger partial charge on any atom is 0.319 e. The molecule has 0 heterocycles. The lowest BCUT2D eigenvalue weighted by atomic mass is 9.91. The van der Waals surface area contributed by atoms with Crippen molar-refractivity contribution in [3.05, 3.63) is 28.7 Å². The van der Waals surface area contributed by atoms with Crippen molar-refractivity contribution in [2.24, 2.45) is 11.8 Å². The van der Waals surface area contributed by atoms with E-state index in [9.17, 15) is 14.7 Å². The summed E-state index contributed by atoms with van der Waals surface area (Å²) in [5.41, 5.74) is 0.652. The second-order valence-electron chi connectivity index (χ2n) is 5.47. The summed E-state index contributed by atoms with van der Waals surface area (Å²) < 4.78 is 0.921. The van der Waals surface area contributed by atoms with Crippen LogP contribution in [0, 0.1) is 11.8 Å². The number of amides is 2. The zero-order chi connectivity index (χ0) is 16.0. The Kier molecular flexibility index (Phi) is 6.68. The van der Waals surface area contributed by atoms with E-state index in [0.29, 0.717) is 12.1 Å². The van der Waals surface area contributed by atoms with Crippen molar-refractivity contribution in [2.75, 3.05) is 5.32 Å². The fourth-order valence-electron chi connectivity index (χ4n) is 2.03. The molecule has 0 aliphatic heterocycles. The maximum absolute atomic E-state index is 11.9. The maximum atomic E-state index is 11.9. The normalized spacial score (nSPS) is 13.6. The summed E-state index contributed by atoms with van der Waals surface area (Å²) >= 11 is 3.32. The van der Waals surface area contributed by atoms with Gasteiger partial charge >= 0.3 is 12.0 Å². The fraction of sp³-hybridized carbons (Fsp3) is 0.467. The summed E-state index contributed by atoms with van der Waals surface area (Å²) in [7, 11) is 0. The van der Waals surface area contributed by atoms with Crippen molar-refractivity contribution >= 4 is 33.6 Å². The van der Waals surface area contributed by atoms with Crippen molar-refractivity contribution < 1.29 is 14.7 Å². The minimum Gasteiger partial charge on any atom is -0.481 e. The number of nitrogens with one attached hydrogen (secondary N) is 2. The Labute approximate surface area is 133 Å². The first kappa shape index (κ1) is 17.5. The number of carboxylic acid groups (broad SMARTS) is 1. The smallest absolute Gasteiger partial charge is 0.319 e. The van der Waals surface area contributed by atoms with Crippen LogP contribution in [-0.4, -0.2) is 23.1 Å². The monoisotopic (exact) mass is 356 g/mol. The van der Waals surface area contributed by atoms with Gasteiger partial charge in [-0.2, -0.15) is 0 Å². The second-order valence-corrected chi connectivity index (χ2v) is 6.38. The highest BCUT2D eigenvalue weighted by molar-refractivity contribution is 9.10. The SMILES string of the molecule is CC(C)CC(C(=O)O)[C@H](C)NC(=O)Nc1ccc(Br)cc1. The topological polar surface area (TPSA) is 78.4 Å². The van der Waals surface area contributed by atoms with Crippen LogP contribution in [0.5, 0.6) is 0 Å². The van der Waals surface area contributed by atoms with Gasteiger partial charge in [0.2, 0.25) is 0 Å². The molecule has 2 amide bonds. The van der Waals surface area contributed by atoms with Gasteiger partial charge in [-0.3, -0.25) is 4.79 Å². The fourth-order valence-corrected chi connectivity index (χ4v) is 2.30. The molecule has 0 fully saturated rings. The third-order valence-electron chi connectivity index (χ3n) is 3.11. The molecule has 1 unspecified atom stereocenters. The molecule has 6 heteroatoms. The van der Waals surface area contributed by atoms with E-state index >= 15 is 0 Å². The first-order chi connectivity index (χ1) is 9.79. The van der Waals surface area contributed by atoms with Gasteiger partial charge in [0.15, 0.2) is 0 Å². The lowest BCUT2D eigenvalue weighted by Crippen LogP contribution is -2.43. The average molecular weight is 357 g/mol. The van der Waals surface area contributed by atoms with Crippen molar-refractivity contribution in [1.82, 2.24) is 5.32 Å². The molecule has 0 aliphatic rings. The standard InChI is InChI=1S/C15H21BrN2O3/c1-9(2)8-13(14(19)20)10(3)17-15(21)18-12-6-4-11(16)5-7-12/h4-7,9-10,13H,8H2,1-3H3,(H,19,20)(H2,17,18,21)/t10-,13?/m0/s1. The Bertz CT molecular complexity index is 488. The number of anilines is 1. The number of hydrogen-bond acceptors (Lipinski definition) is 2. The zero-order valence-corrected chi connectivity index (χ0v) is 14.0. The Morgan fingerprint density at radius 2 is 1.76 bits per heavy atom. The van der Waals surface area contributed by atoms with Gasteiger partial charge in [-0.15, -0.1) is 0 Å². The molecular formula is C15H21BrN2O3. The van der Waals surface area contributed by atoms with E-state index in [2.05, 4.69) is 26.6 Å². The summed E-state index contributed by atoms with van der Waals surface area (Å²) in [5, 5.41) is 14.6. The number of hydrogen-bond donors (Lipinski definition) is 3. The average Bonchev–Trinajstić information content (AvgIpc) is 2.38. The predicted octanol–water partition coefficient (Wildman–Crippen LogP) is 3.71. The van der Waals surface area contributed by atoms with E-state index in [-0.39, 0.29) is 5.92 Å². The number of urea groups is 1. The molecule has 0 saturated carbocycles. The van der Waals surface area contributed by atoms with Gasteiger partial charge in [0.25, 0.3) is 0 Å². The van der Waals surface area contributed by atoms with Gasteiger partial charge in [0.05, 0.1) is 5.92 Å². The van der Waals surface area contributed by atoms with Crippen LogP contribution >= 0.6 is 15.9 Å². The third-order valence-corrected chi connectivity index (χ3v) is 3.64. The summed E-state index contributed by atoms with van der Waals surface area (Å²) in [6.45, 7) is 5.64. The van der Waals surface area contributed by atoms with E-state index in [4.69, 9.17) is 0 Å². The van der Waals surface area contributed by atoms with Crippen molar-refractivity contribution in [1.29, 1.82) is 0 Å². The molecule has 21 heavy (non-hydrogen) atoms. The van der Waals surface area contributed by atoms with Crippen LogP contribution < -0.4 is 10.6 Å². The Balaban J connectivity index is 2.59. The first-order valence-corrected chi connectivity index (χ1v) is 7.64. The van der Waals surface area contributed by atoms with E-state index in [0.717, 1.165) is 4.47 Å². The van der Waals surface area contributed by atoms with Gasteiger partial charge in [-0.05, 0) is 43.5 Å². The van der Waals surface area contributed by atoms with E-state index in [1.165, 1.54) is 0 Å². The number of halogens is 1. The Morgan fingerprint density at radius 3 is 2.24 bits per heavy atom. The van der Waals surface area contributed by atoms with Gasteiger partial charge in [-0.1, -0.05) is 29.8 Å². The van der Waals surface area contributed by atoms with Crippen LogP contribution in [0.25, 0.3) is 0 Å². The molecule has 3 N–H and O–H groups in total.